The van der Waals surface area contributed by atoms with Gasteiger partial charge in [0, 0.05) is 18.8 Å². The summed E-state index contributed by atoms with van der Waals surface area (Å²) < 4.78 is 0. The minimum Gasteiger partial charge on any atom is -0.506 e. The zero-order chi connectivity index (χ0) is 9.14. The van der Waals surface area contributed by atoms with E-state index in [0.29, 0.717) is 11.3 Å². The standard InChI is InChI=1S/C8H10N2O2/c1-5-3-6(8(12)9-2)10-4-7(5)11/h3-4,10-11H,1H2,2H3,(H,9,12). The van der Waals surface area contributed by atoms with Gasteiger partial charge in [0.25, 0.3) is 5.91 Å². The van der Waals surface area contributed by atoms with Gasteiger partial charge in [-0.2, -0.15) is 0 Å². The smallest absolute Gasteiger partial charge is 0.267 e. The fourth-order valence-electron chi connectivity index (χ4n) is 0.794. The van der Waals surface area contributed by atoms with E-state index in [1.807, 2.05) is 0 Å². The molecule has 0 aromatic rings. The van der Waals surface area contributed by atoms with Gasteiger partial charge in [-0.25, -0.2) is 0 Å². The van der Waals surface area contributed by atoms with Crippen LogP contribution in [0.2, 0.25) is 0 Å². The van der Waals surface area contributed by atoms with Crippen molar-refractivity contribution in [3.8, 4) is 0 Å². The molecule has 4 nitrogen and oxygen atoms in total. The van der Waals surface area contributed by atoms with Gasteiger partial charge < -0.3 is 15.7 Å². The average Bonchev–Trinajstić information content (AvgIpc) is 2.08. The van der Waals surface area contributed by atoms with Gasteiger partial charge in [0.05, 0.1) is 0 Å². The average molecular weight is 166 g/mol. The highest BCUT2D eigenvalue weighted by Crippen LogP contribution is 2.11. The van der Waals surface area contributed by atoms with Gasteiger partial charge in [0.1, 0.15) is 11.5 Å². The lowest BCUT2D eigenvalue weighted by atomic mass is 10.1. The first-order chi connectivity index (χ1) is 5.65. The second-order valence-corrected chi connectivity index (χ2v) is 2.34. The molecule has 0 radical (unpaired) electrons. The third kappa shape index (κ3) is 1.47. The summed E-state index contributed by atoms with van der Waals surface area (Å²) in [5.41, 5.74) is 0.799. The Hall–Kier alpha value is -1.71. The molecule has 1 aliphatic heterocycles. The summed E-state index contributed by atoms with van der Waals surface area (Å²) in [6.45, 7) is 3.55. The van der Waals surface area contributed by atoms with Gasteiger partial charge in [-0.3, -0.25) is 4.79 Å². The van der Waals surface area contributed by atoms with Crippen molar-refractivity contribution in [2.24, 2.45) is 0 Å². The van der Waals surface area contributed by atoms with Crippen LogP contribution in [-0.2, 0) is 4.79 Å². The second-order valence-electron chi connectivity index (χ2n) is 2.34. The van der Waals surface area contributed by atoms with Crippen molar-refractivity contribution in [3.05, 3.63) is 35.9 Å². The molecule has 1 heterocycles. The van der Waals surface area contributed by atoms with Gasteiger partial charge in [-0.15, -0.1) is 0 Å². The van der Waals surface area contributed by atoms with Crippen molar-refractivity contribution < 1.29 is 9.90 Å². The number of hydrogen-bond donors (Lipinski definition) is 3. The van der Waals surface area contributed by atoms with Crippen molar-refractivity contribution in [2.75, 3.05) is 7.05 Å². The Labute approximate surface area is 70.3 Å². The molecule has 0 spiro atoms. The highest BCUT2D eigenvalue weighted by Gasteiger charge is 2.11. The zero-order valence-electron chi connectivity index (χ0n) is 6.72. The Kier molecular flexibility index (Phi) is 2.19. The number of aliphatic hydroxyl groups is 1. The summed E-state index contributed by atoms with van der Waals surface area (Å²) in [6.07, 6.45) is 2.81. The lowest BCUT2D eigenvalue weighted by molar-refractivity contribution is -0.117. The molecule has 0 atom stereocenters. The number of dihydropyridines is 1. The molecule has 12 heavy (non-hydrogen) atoms. The van der Waals surface area contributed by atoms with Crippen molar-refractivity contribution in [3.63, 3.8) is 0 Å². The SMILES string of the molecule is C=C1C=C(C(=O)NC)NC=C1O. The number of allylic oxidation sites excluding steroid dienone is 1. The quantitative estimate of drug-likeness (QED) is 0.520. The molecule has 0 aliphatic carbocycles. The van der Waals surface area contributed by atoms with Crippen LogP contribution in [0.1, 0.15) is 0 Å². The fourth-order valence-corrected chi connectivity index (χ4v) is 0.794. The summed E-state index contributed by atoms with van der Waals surface area (Å²) >= 11 is 0. The Balaban J connectivity index is 2.80. The van der Waals surface area contributed by atoms with Crippen molar-refractivity contribution in [2.45, 2.75) is 0 Å². The predicted molar refractivity (Wildman–Crippen MR) is 45.1 cm³/mol. The Morgan fingerprint density at radius 1 is 1.75 bits per heavy atom. The largest absolute Gasteiger partial charge is 0.506 e. The van der Waals surface area contributed by atoms with Crippen molar-refractivity contribution in [1.29, 1.82) is 0 Å². The molecule has 4 heteroatoms. The van der Waals surface area contributed by atoms with Crippen molar-refractivity contribution >= 4 is 5.91 Å². The number of carbonyl (C=O) groups is 1. The molecule has 0 saturated carbocycles. The molecular formula is C8H10N2O2. The molecule has 0 aromatic carbocycles. The highest BCUT2D eigenvalue weighted by atomic mass is 16.3. The van der Waals surface area contributed by atoms with E-state index in [-0.39, 0.29) is 11.7 Å². The van der Waals surface area contributed by atoms with E-state index >= 15 is 0 Å². The Bertz CT molecular complexity index is 289. The maximum Gasteiger partial charge on any atom is 0.267 e. The lowest BCUT2D eigenvalue weighted by Gasteiger charge is -2.12. The monoisotopic (exact) mass is 166 g/mol. The van der Waals surface area contributed by atoms with Gasteiger partial charge in [-0.1, -0.05) is 6.58 Å². The number of hydrogen-bond acceptors (Lipinski definition) is 3. The van der Waals surface area contributed by atoms with Gasteiger partial charge in [0.15, 0.2) is 0 Å². The topological polar surface area (TPSA) is 61.4 Å². The van der Waals surface area contributed by atoms with Crippen LogP contribution in [0.15, 0.2) is 35.9 Å². The lowest BCUT2D eigenvalue weighted by Crippen LogP contribution is -2.28. The van der Waals surface area contributed by atoms with Crippen LogP contribution in [0.3, 0.4) is 0 Å². The molecule has 1 rings (SSSR count). The normalized spacial score (nSPS) is 15.9. The molecule has 0 bridgehead atoms. The number of aliphatic hydroxyl groups excluding tert-OH is 1. The van der Waals surface area contributed by atoms with Crippen LogP contribution in [0.25, 0.3) is 0 Å². The van der Waals surface area contributed by atoms with E-state index in [1.165, 1.54) is 19.3 Å². The number of nitrogens with one attached hydrogen (secondary N) is 2. The highest BCUT2D eigenvalue weighted by molar-refractivity contribution is 5.93. The molecule has 0 fully saturated rings. The minimum absolute atomic E-state index is 0.0441. The molecular weight excluding hydrogens is 156 g/mol. The molecule has 0 unspecified atom stereocenters. The first-order valence-corrected chi connectivity index (χ1v) is 3.44. The van der Waals surface area contributed by atoms with Crippen LogP contribution >= 0.6 is 0 Å². The third-order valence-corrected chi connectivity index (χ3v) is 1.48. The van der Waals surface area contributed by atoms with E-state index < -0.39 is 0 Å². The Morgan fingerprint density at radius 3 is 2.92 bits per heavy atom. The van der Waals surface area contributed by atoms with E-state index in [1.54, 1.807) is 0 Å². The summed E-state index contributed by atoms with van der Waals surface area (Å²) in [5, 5.41) is 14.1. The second kappa shape index (κ2) is 3.13. The molecule has 3 N–H and O–H groups in total. The van der Waals surface area contributed by atoms with Crippen LogP contribution < -0.4 is 10.6 Å². The number of likely N-dealkylation sites (N-methyl/N-ethyl adjacent to an activating group) is 1. The van der Waals surface area contributed by atoms with Crippen LogP contribution in [-0.4, -0.2) is 18.1 Å². The van der Waals surface area contributed by atoms with Crippen LogP contribution in [0.5, 0.6) is 0 Å². The van der Waals surface area contributed by atoms with E-state index in [4.69, 9.17) is 5.11 Å². The van der Waals surface area contributed by atoms with Gasteiger partial charge in [-0.05, 0) is 6.08 Å². The first kappa shape index (κ1) is 8.39. The summed E-state index contributed by atoms with van der Waals surface area (Å²) in [5.74, 6) is -0.192. The van der Waals surface area contributed by atoms with E-state index in [0.717, 1.165) is 0 Å². The van der Waals surface area contributed by atoms with E-state index in [9.17, 15) is 4.79 Å². The van der Waals surface area contributed by atoms with Crippen molar-refractivity contribution in [1.82, 2.24) is 10.6 Å². The number of carbonyl (C=O) groups excluding carboxylic acids is 1. The molecule has 0 aromatic heterocycles. The first-order valence-electron chi connectivity index (χ1n) is 3.44. The summed E-state index contributed by atoms with van der Waals surface area (Å²) in [6, 6.07) is 0. The molecule has 1 aliphatic rings. The van der Waals surface area contributed by atoms with Crippen LogP contribution in [0.4, 0.5) is 0 Å². The molecule has 1 amide bonds. The minimum atomic E-state index is -0.236. The summed E-state index contributed by atoms with van der Waals surface area (Å²) in [7, 11) is 1.53. The number of amides is 1. The number of rotatable bonds is 1. The zero-order valence-corrected chi connectivity index (χ0v) is 6.72. The van der Waals surface area contributed by atoms with E-state index in [2.05, 4.69) is 17.2 Å². The third-order valence-electron chi connectivity index (χ3n) is 1.48. The summed E-state index contributed by atoms with van der Waals surface area (Å²) in [4.78, 5) is 11.0. The van der Waals surface area contributed by atoms with Gasteiger partial charge >= 0.3 is 0 Å². The fraction of sp³-hybridized carbons (Fsp3) is 0.125. The molecule has 64 valence electrons. The maximum absolute atomic E-state index is 11.0. The predicted octanol–water partition coefficient (Wildman–Crippen LogP) is 0.175. The molecule has 0 saturated heterocycles. The van der Waals surface area contributed by atoms with Gasteiger partial charge in [0.2, 0.25) is 0 Å². The van der Waals surface area contributed by atoms with Crippen LogP contribution in [0, 0.1) is 0 Å². The Morgan fingerprint density at radius 2 is 2.42 bits per heavy atom. The maximum atomic E-state index is 11.0.